The molecule has 0 radical (unpaired) electrons. The zero-order valence-electron chi connectivity index (χ0n) is 17.9. The number of benzene rings is 2. The van der Waals surface area contributed by atoms with E-state index in [-0.39, 0.29) is 39.3 Å². The summed E-state index contributed by atoms with van der Waals surface area (Å²) in [6, 6.07) is 9.00. The maximum atomic E-state index is 14.5. The van der Waals surface area contributed by atoms with Crippen molar-refractivity contribution < 1.29 is 31.9 Å². The van der Waals surface area contributed by atoms with Gasteiger partial charge in [0, 0.05) is 16.3 Å². The smallest absolute Gasteiger partial charge is 0.416 e. The van der Waals surface area contributed by atoms with E-state index in [1.165, 1.54) is 29.6 Å². The lowest BCUT2D eigenvalue weighted by Crippen LogP contribution is -2.26. The molecule has 4 rings (SSSR count). The molecule has 0 saturated carbocycles. The number of nitrogens with zero attached hydrogens (tertiary/aromatic N) is 2. The first-order valence-corrected chi connectivity index (χ1v) is 10.9. The number of esters is 1. The number of anilines is 1. The van der Waals surface area contributed by atoms with E-state index in [4.69, 9.17) is 4.74 Å². The van der Waals surface area contributed by atoms with Gasteiger partial charge in [0.05, 0.1) is 17.6 Å². The zero-order valence-corrected chi connectivity index (χ0v) is 18.7. The van der Waals surface area contributed by atoms with Crippen molar-refractivity contribution in [3.8, 4) is 5.69 Å². The largest absolute Gasteiger partial charge is 0.461 e. The van der Waals surface area contributed by atoms with Gasteiger partial charge in [0.25, 0.3) is 11.5 Å². The van der Waals surface area contributed by atoms with Gasteiger partial charge in [-0.2, -0.15) is 23.0 Å². The number of halogens is 4. The topological polar surface area (TPSA) is 90.3 Å². The van der Waals surface area contributed by atoms with Crippen LogP contribution in [-0.4, -0.2) is 28.3 Å². The van der Waals surface area contributed by atoms with Crippen LogP contribution in [0.3, 0.4) is 0 Å². The fraction of sp³-hybridized carbons (Fsp3) is 0.130. The quantitative estimate of drug-likeness (QED) is 0.303. The number of alkyl halides is 3. The zero-order chi connectivity index (χ0) is 25.3. The van der Waals surface area contributed by atoms with E-state index in [9.17, 15) is 31.9 Å². The van der Waals surface area contributed by atoms with E-state index < -0.39 is 35.0 Å². The lowest BCUT2D eigenvalue weighted by Gasteiger charge is -2.11. The average Bonchev–Trinajstić information content (AvgIpc) is 3.23. The Labute approximate surface area is 198 Å². The minimum Gasteiger partial charge on any atom is -0.461 e. The molecule has 7 nitrogen and oxygen atoms in total. The Kier molecular flexibility index (Phi) is 6.39. The van der Waals surface area contributed by atoms with Crippen LogP contribution in [-0.2, 0) is 10.9 Å². The second kappa shape index (κ2) is 9.29. The van der Waals surface area contributed by atoms with Gasteiger partial charge in [-0.05, 0) is 37.3 Å². The van der Waals surface area contributed by atoms with Gasteiger partial charge in [-0.15, -0.1) is 11.3 Å². The van der Waals surface area contributed by atoms with Crippen LogP contribution in [0.5, 0.6) is 0 Å². The van der Waals surface area contributed by atoms with Crippen molar-refractivity contribution >= 4 is 39.0 Å². The lowest BCUT2D eigenvalue weighted by molar-refractivity contribution is -0.137. The van der Waals surface area contributed by atoms with E-state index in [0.717, 1.165) is 29.5 Å². The summed E-state index contributed by atoms with van der Waals surface area (Å²) in [7, 11) is 0. The summed E-state index contributed by atoms with van der Waals surface area (Å²) in [4.78, 5) is 38.6. The number of carbonyl (C=O) groups is 2. The molecular formula is C23H15F4N3O4S. The molecule has 0 spiro atoms. The Morgan fingerprint density at radius 1 is 1.14 bits per heavy atom. The van der Waals surface area contributed by atoms with Gasteiger partial charge in [-0.1, -0.05) is 18.2 Å². The SMILES string of the molecule is CCOC(=O)c1nn(-c2ccccc2F)c(=O)c2c(NC(=O)c3cccc(C(F)(F)F)c3)scc12. The molecule has 2 heterocycles. The number of aromatic nitrogens is 2. The van der Waals surface area contributed by atoms with Crippen molar-refractivity contribution in [3.63, 3.8) is 0 Å². The fourth-order valence-electron chi connectivity index (χ4n) is 3.29. The van der Waals surface area contributed by atoms with E-state index in [1.807, 2.05) is 0 Å². The molecule has 0 saturated heterocycles. The highest BCUT2D eigenvalue weighted by Gasteiger charge is 2.31. The first-order chi connectivity index (χ1) is 16.6. The lowest BCUT2D eigenvalue weighted by atomic mass is 10.1. The number of hydrogen-bond donors (Lipinski definition) is 1. The number of nitrogens with one attached hydrogen (secondary N) is 1. The average molecular weight is 505 g/mol. The predicted molar refractivity (Wildman–Crippen MR) is 121 cm³/mol. The van der Waals surface area contributed by atoms with Gasteiger partial charge in [0.1, 0.15) is 16.5 Å². The van der Waals surface area contributed by atoms with Crippen LogP contribution in [0.25, 0.3) is 16.5 Å². The van der Waals surface area contributed by atoms with Crippen molar-refractivity contribution in [3.05, 3.63) is 86.9 Å². The van der Waals surface area contributed by atoms with Crippen LogP contribution >= 0.6 is 11.3 Å². The monoisotopic (exact) mass is 505 g/mol. The van der Waals surface area contributed by atoms with Gasteiger partial charge >= 0.3 is 12.1 Å². The molecule has 0 bridgehead atoms. The highest BCUT2D eigenvalue weighted by molar-refractivity contribution is 7.16. The number of para-hydroxylation sites is 1. The van der Waals surface area contributed by atoms with Crippen molar-refractivity contribution in [2.45, 2.75) is 13.1 Å². The molecule has 0 aliphatic carbocycles. The van der Waals surface area contributed by atoms with Gasteiger partial charge in [0.2, 0.25) is 0 Å². The number of ether oxygens (including phenoxy) is 1. The number of rotatable bonds is 5. The van der Waals surface area contributed by atoms with E-state index in [1.54, 1.807) is 6.92 Å². The van der Waals surface area contributed by atoms with Crippen LogP contribution in [0, 0.1) is 5.82 Å². The van der Waals surface area contributed by atoms with Crippen molar-refractivity contribution in [1.29, 1.82) is 0 Å². The molecule has 180 valence electrons. The summed E-state index contributed by atoms with van der Waals surface area (Å²) >= 11 is 0.858. The summed E-state index contributed by atoms with van der Waals surface area (Å²) in [6.45, 7) is 1.57. The van der Waals surface area contributed by atoms with Gasteiger partial charge < -0.3 is 10.1 Å². The molecule has 2 aromatic heterocycles. The third-order valence-electron chi connectivity index (χ3n) is 4.88. The molecule has 2 aromatic carbocycles. The Morgan fingerprint density at radius 3 is 2.57 bits per heavy atom. The van der Waals surface area contributed by atoms with Crippen LogP contribution < -0.4 is 10.9 Å². The van der Waals surface area contributed by atoms with Gasteiger partial charge in [-0.25, -0.2) is 9.18 Å². The number of fused-ring (bicyclic) bond motifs is 1. The van der Waals surface area contributed by atoms with Crippen LogP contribution in [0.15, 0.2) is 58.7 Å². The maximum absolute atomic E-state index is 14.5. The molecular weight excluding hydrogens is 490 g/mol. The molecule has 0 aliphatic heterocycles. The Hall–Kier alpha value is -4.06. The number of hydrogen-bond acceptors (Lipinski definition) is 6. The molecule has 35 heavy (non-hydrogen) atoms. The molecule has 4 aromatic rings. The first-order valence-electron chi connectivity index (χ1n) is 10.1. The molecule has 12 heteroatoms. The van der Waals surface area contributed by atoms with Gasteiger partial charge in [0.15, 0.2) is 5.69 Å². The highest BCUT2D eigenvalue weighted by Crippen LogP contribution is 2.32. The summed E-state index contributed by atoms with van der Waals surface area (Å²) < 4.78 is 59.2. The summed E-state index contributed by atoms with van der Waals surface area (Å²) in [6.07, 6.45) is -4.65. The third-order valence-corrected chi connectivity index (χ3v) is 5.78. The molecule has 1 N–H and O–H groups in total. The maximum Gasteiger partial charge on any atom is 0.416 e. The molecule has 1 amide bonds. The summed E-state index contributed by atoms with van der Waals surface area (Å²) in [5.41, 5.74) is -2.70. The Bertz CT molecular complexity index is 1510. The predicted octanol–water partition coefficient (Wildman–Crippen LogP) is 5.03. The molecule has 0 aliphatic rings. The summed E-state index contributed by atoms with van der Waals surface area (Å²) in [5, 5.41) is 7.62. The fourth-order valence-corrected chi connectivity index (χ4v) is 4.22. The molecule has 0 unspecified atom stereocenters. The minimum absolute atomic E-state index is 0.00407. The van der Waals surface area contributed by atoms with Crippen LogP contribution in [0.1, 0.15) is 33.3 Å². The summed E-state index contributed by atoms with van der Waals surface area (Å²) in [5.74, 6) is -2.58. The normalized spacial score (nSPS) is 11.5. The minimum atomic E-state index is -4.65. The second-order valence-corrected chi connectivity index (χ2v) is 8.00. The highest BCUT2D eigenvalue weighted by atomic mass is 32.1. The number of thiophene rings is 1. The second-order valence-electron chi connectivity index (χ2n) is 7.12. The van der Waals surface area contributed by atoms with Crippen molar-refractivity contribution in [1.82, 2.24) is 9.78 Å². The van der Waals surface area contributed by atoms with Crippen LogP contribution in [0.2, 0.25) is 0 Å². The van der Waals surface area contributed by atoms with Gasteiger partial charge in [-0.3, -0.25) is 9.59 Å². The third kappa shape index (κ3) is 4.64. The standard InChI is InChI=1S/C23H15F4N3O4S/c1-2-34-22(33)18-14-11-35-20(28-19(31)12-6-5-7-13(10-12)23(25,26)27)17(14)21(32)30(29-18)16-9-4-3-8-15(16)24/h3-11H,2H2,1H3,(H,28,31). The molecule has 0 atom stereocenters. The number of amides is 1. The first kappa shape index (κ1) is 24.1. The van der Waals surface area contributed by atoms with E-state index in [0.29, 0.717) is 10.7 Å². The van der Waals surface area contributed by atoms with Crippen molar-refractivity contribution in [2.75, 3.05) is 11.9 Å². The van der Waals surface area contributed by atoms with Crippen LogP contribution in [0.4, 0.5) is 22.6 Å². The van der Waals surface area contributed by atoms with Crippen molar-refractivity contribution in [2.24, 2.45) is 0 Å². The number of carbonyl (C=O) groups excluding carboxylic acids is 2. The van der Waals surface area contributed by atoms with E-state index in [2.05, 4.69) is 10.4 Å². The Balaban J connectivity index is 1.86. The molecule has 0 fully saturated rings. The van der Waals surface area contributed by atoms with E-state index >= 15 is 0 Å². The Morgan fingerprint density at radius 2 is 1.89 bits per heavy atom.